The predicted molar refractivity (Wildman–Crippen MR) is 87.8 cm³/mol. The van der Waals surface area contributed by atoms with E-state index in [9.17, 15) is 4.79 Å². The van der Waals surface area contributed by atoms with Crippen molar-refractivity contribution in [1.82, 2.24) is 4.98 Å². The Labute approximate surface area is 131 Å². The van der Waals surface area contributed by atoms with Gasteiger partial charge in [-0.15, -0.1) is 0 Å². The maximum atomic E-state index is 11.8. The summed E-state index contributed by atoms with van der Waals surface area (Å²) in [6.45, 7) is 3.18. The highest BCUT2D eigenvalue weighted by molar-refractivity contribution is 5.89. The first-order valence-corrected chi connectivity index (χ1v) is 7.59. The predicted octanol–water partition coefficient (Wildman–Crippen LogP) is 3.37. The quantitative estimate of drug-likeness (QED) is 0.760. The summed E-state index contributed by atoms with van der Waals surface area (Å²) in [6, 6.07) is 15.8. The second kappa shape index (κ2) is 8.95. The number of anilines is 1. The molecule has 4 heteroatoms. The number of benzene rings is 1. The normalized spacial score (nSPS) is 10.4. The van der Waals surface area contributed by atoms with Gasteiger partial charge < -0.3 is 10.1 Å². The fourth-order valence-electron chi connectivity index (χ4n) is 2.09. The van der Waals surface area contributed by atoms with Gasteiger partial charge in [0.2, 0.25) is 5.91 Å². The fraction of sp³-hybridized carbons (Fsp3) is 0.333. The summed E-state index contributed by atoms with van der Waals surface area (Å²) in [4.78, 5) is 16.0. The van der Waals surface area contributed by atoms with Gasteiger partial charge in [0.15, 0.2) is 0 Å². The Morgan fingerprint density at radius 1 is 1.09 bits per heavy atom. The lowest BCUT2D eigenvalue weighted by molar-refractivity contribution is -0.116. The molecular weight excluding hydrogens is 276 g/mol. The molecule has 0 saturated heterocycles. The summed E-state index contributed by atoms with van der Waals surface area (Å²) in [5, 5.41) is 2.79. The number of aryl methyl sites for hydroxylation is 1. The first-order chi connectivity index (χ1) is 10.7. The monoisotopic (exact) mass is 298 g/mol. The van der Waals surface area contributed by atoms with Crippen molar-refractivity contribution in [2.45, 2.75) is 26.2 Å². The van der Waals surface area contributed by atoms with E-state index in [1.54, 1.807) is 6.07 Å². The minimum absolute atomic E-state index is 0.0234. The van der Waals surface area contributed by atoms with Gasteiger partial charge >= 0.3 is 0 Å². The van der Waals surface area contributed by atoms with E-state index in [1.807, 2.05) is 37.3 Å². The van der Waals surface area contributed by atoms with Crippen LogP contribution in [0.3, 0.4) is 0 Å². The number of rotatable bonds is 8. The Morgan fingerprint density at radius 3 is 2.68 bits per heavy atom. The number of aromatic nitrogens is 1. The largest absolute Gasteiger partial charge is 0.381 e. The Bertz CT molecular complexity index is 585. The molecule has 0 aliphatic carbocycles. The minimum Gasteiger partial charge on any atom is -0.381 e. The molecule has 4 nitrogen and oxygen atoms in total. The van der Waals surface area contributed by atoms with Crippen molar-refractivity contribution in [1.29, 1.82) is 0 Å². The average Bonchev–Trinajstić information content (AvgIpc) is 2.52. The summed E-state index contributed by atoms with van der Waals surface area (Å²) in [6.07, 6.45) is 2.06. The third kappa shape index (κ3) is 6.06. The zero-order chi connectivity index (χ0) is 15.6. The number of amides is 1. The highest BCUT2D eigenvalue weighted by Crippen LogP contribution is 2.05. The number of pyridine rings is 1. The maximum absolute atomic E-state index is 11.8. The van der Waals surface area contributed by atoms with Gasteiger partial charge in [-0.05, 0) is 37.5 Å². The van der Waals surface area contributed by atoms with Crippen LogP contribution in [0.2, 0.25) is 0 Å². The molecule has 2 aromatic rings. The highest BCUT2D eigenvalue weighted by atomic mass is 16.5. The third-order valence-electron chi connectivity index (χ3n) is 3.23. The molecule has 0 saturated carbocycles. The van der Waals surface area contributed by atoms with Crippen molar-refractivity contribution in [2.75, 3.05) is 18.5 Å². The van der Waals surface area contributed by atoms with Crippen LogP contribution in [0.15, 0.2) is 48.5 Å². The lowest BCUT2D eigenvalue weighted by atomic mass is 10.2. The molecule has 116 valence electrons. The highest BCUT2D eigenvalue weighted by Gasteiger charge is 2.03. The summed E-state index contributed by atoms with van der Waals surface area (Å²) in [7, 11) is 0. The molecule has 0 spiro atoms. The molecule has 22 heavy (non-hydrogen) atoms. The first-order valence-electron chi connectivity index (χ1n) is 7.59. The molecule has 2 rings (SSSR count). The van der Waals surface area contributed by atoms with Gasteiger partial charge in [-0.2, -0.15) is 0 Å². The van der Waals surface area contributed by atoms with Crippen LogP contribution in [-0.2, 0) is 16.0 Å². The lowest BCUT2D eigenvalue weighted by Gasteiger charge is -2.06. The van der Waals surface area contributed by atoms with E-state index in [2.05, 4.69) is 22.4 Å². The minimum atomic E-state index is -0.0234. The lowest BCUT2D eigenvalue weighted by Crippen LogP contribution is -2.13. The molecule has 1 N–H and O–H groups in total. The molecule has 0 aliphatic heterocycles. The van der Waals surface area contributed by atoms with Gasteiger partial charge in [-0.25, -0.2) is 4.98 Å². The number of hydrogen-bond acceptors (Lipinski definition) is 3. The number of hydrogen-bond donors (Lipinski definition) is 1. The van der Waals surface area contributed by atoms with Crippen LogP contribution in [0.5, 0.6) is 0 Å². The number of carbonyl (C=O) groups is 1. The van der Waals surface area contributed by atoms with E-state index < -0.39 is 0 Å². The van der Waals surface area contributed by atoms with E-state index in [1.165, 1.54) is 5.56 Å². The van der Waals surface area contributed by atoms with E-state index >= 15 is 0 Å². The topological polar surface area (TPSA) is 51.2 Å². The second-order valence-electron chi connectivity index (χ2n) is 5.16. The first kappa shape index (κ1) is 16.2. The average molecular weight is 298 g/mol. The van der Waals surface area contributed by atoms with E-state index in [0.717, 1.165) is 12.1 Å². The maximum Gasteiger partial charge on any atom is 0.225 e. The Morgan fingerprint density at radius 2 is 1.91 bits per heavy atom. The molecule has 1 aromatic heterocycles. The van der Waals surface area contributed by atoms with E-state index in [-0.39, 0.29) is 5.91 Å². The molecule has 0 unspecified atom stereocenters. The van der Waals surface area contributed by atoms with Crippen LogP contribution < -0.4 is 5.32 Å². The number of ether oxygens (including phenoxy) is 1. The molecular formula is C18H22N2O2. The van der Waals surface area contributed by atoms with Crippen LogP contribution in [-0.4, -0.2) is 24.1 Å². The molecule has 1 amide bonds. The summed E-state index contributed by atoms with van der Waals surface area (Å²) in [5.41, 5.74) is 2.16. The van der Waals surface area contributed by atoms with Crippen LogP contribution >= 0.6 is 0 Å². The smallest absolute Gasteiger partial charge is 0.225 e. The number of carbonyl (C=O) groups excluding carboxylic acids is 1. The zero-order valence-corrected chi connectivity index (χ0v) is 12.9. The molecule has 0 aliphatic rings. The molecule has 1 aromatic carbocycles. The fourth-order valence-corrected chi connectivity index (χ4v) is 2.09. The van der Waals surface area contributed by atoms with Crippen LogP contribution in [0.1, 0.15) is 24.1 Å². The van der Waals surface area contributed by atoms with Crippen LogP contribution in [0.25, 0.3) is 0 Å². The van der Waals surface area contributed by atoms with Crippen molar-refractivity contribution in [3.05, 3.63) is 59.8 Å². The van der Waals surface area contributed by atoms with Gasteiger partial charge in [0.1, 0.15) is 5.82 Å². The molecule has 1 heterocycles. The second-order valence-corrected chi connectivity index (χ2v) is 5.16. The third-order valence-corrected chi connectivity index (χ3v) is 3.23. The standard InChI is InChI=1S/C18H22N2O2/c1-15-7-5-10-17(19-15)20-18(21)11-6-13-22-14-12-16-8-3-2-4-9-16/h2-5,7-10H,6,11-14H2,1H3,(H,19,20,21). The molecule has 0 bridgehead atoms. The van der Waals surface area contributed by atoms with Gasteiger partial charge in [0, 0.05) is 18.7 Å². The van der Waals surface area contributed by atoms with Gasteiger partial charge in [0.25, 0.3) is 0 Å². The summed E-state index contributed by atoms with van der Waals surface area (Å²) in [5.74, 6) is 0.583. The van der Waals surface area contributed by atoms with Crippen molar-refractivity contribution >= 4 is 11.7 Å². The van der Waals surface area contributed by atoms with Crippen molar-refractivity contribution in [3.8, 4) is 0 Å². The van der Waals surface area contributed by atoms with Crippen LogP contribution in [0, 0.1) is 6.92 Å². The van der Waals surface area contributed by atoms with Crippen LogP contribution in [0.4, 0.5) is 5.82 Å². The van der Waals surface area contributed by atoms with Crippen molar-refractivity contribution < 1.29 is 9.53 Å². The molecule has 0 fully saturated rings. The Hall–Kier alpha value is -2.20. The van der Waals surface area contributed by atoms with E-state index in [0.29, 0.717) is 31.9 Å². The summed E-state index contributed by atoms with van der Waals surface area (Å²) < 4.78 is 5.56. The Kier molecular flexibility index (Phi) is 6.58. The van der Waals surface area contributed by atoms with Gasteiger partial charge in [-0.3, -0.25) is 4.79 Å². The SMILES string of the molecule is Cc1cccc(NC(=O)CCCOCCc2ccccc2)n1. The number of nitrogens with one attached hydrogen (secondary N) is 1. The number of nitrogens with zero attached hydrogens (tertiary/aromatic N) is 1. The molecule has 0 radical (unpaired) electrons. The zero-order valence-electron chi connectivity index (χ0n) is 12.9. The van der Waals surface area contributed by atoms with Crippen molar-refractivity contribution in [3.63, 3.8) is 0 Å². The van der Waals surface area contributed by atoms with E-state index in [4.69, 9.17) is 4.74 Å². The van der Waals surface area contributed by atoms with Gasteiger partial charge in [-0.1, -0.05) is 36.4 Å². The summed E-state index contributed by atoms with van der Waals surface area (Å²) >= 11 is 0. The Balaban J connectivity index is 1.56. The van der Waals surface area contributed by atoms with Crippen molar-refractivity contribution in [2.24, 2.45) is 0 Å². The van der Waals surface area contributed by atoms with Gasteiger partial charge in [0.05, 0.1) is 6.61 Å². The molecule has 0 atom stereocenters.